The van der Waals surface area contributed by atoms with Crippen molar-refractivity contribution in [2.45, 2.75) is 36.8 Å². The van der Waals surface area contributed by atoms with E-state index >= 15 is 0 Å². The highest BCUT2D eigenvalue weighted by Crippen LogP contribution is 2.38. The zero-order valence-electron chi connectivity index (χ0n) is 20.5. The number of thioether (sulfide) groups is 1. The molecule has 36 heavy (non-hydrogen) atoms. The number of hydrogen-bond donors (Lipinski definition) is 2. The van der Waals surface area contributed by atoms with Gasteiger partial charge in [-0.25, -0.2) is 4.68 Å². The van der Waals surface area contributed by atoms with E-state index in [1.807, 2.05) is 66.2 Å². The fourth-order valence-electron chi connectivity index (χ4n) is 4.59. The Balaban J connectivity index is 1.47. The minimum Gasteiger partial charge on any atom is -0.497 e. The predicted molar refractivity (Wildman–Crippen MR) is 144 cm³/mol. The van der Waals surface area contributed by atoms with E-state index in [2.05, 4.69) is 41.8 Å². The van der Waals surface area contributed by atoms with Gasteiger partial charge in [-0.05, 0) is 49.2 Å². The van der Waals surface area contributed by atoms with Crippen LogP contribution in [0.3, 0.4) is 0 Å². The van der Waals surface area contributed by atoms with Gasteiger partial charge in [-0.15, -0.1) is 5.10 Å². The molecule has 1 aliphatic heterocycles. The summed E-state index contributed by atoms with van der Waals surface area (Å²) in [6, 6.07) is 25.3. The second kappa shape index (κ2) is 10.5. The maximum Gasteiger partial charge on any atom is 0.232 e. The van der Waals surface area contributed by atoms with E-state index in [4.69, 9.17) is 14.8 Å². The lowest BCUT2D eigenvalue weighted by Gasteiger charge is -2.36. The third kappa shape index (κ3) is 5.09. The standard InChI is InChI=1S/C28H29N5O2S/c1-18-8-7-9-20(16-18)17-36-28-31-27-29-19(2)24(26(34)30-22-10-5-4-6-11-22)25(33(27)32-28)21-12-14-23(35-3)15-13-21/h4-16,19,24-25H,17H2,1-3H3,(H,30,34)(H,29,31,32)/t19-,24+,25-/m1/s1. The van der Waals surface area contributed by atoms with Gasteiger partial charge in [0.1, 0.15) is 5.75 Å². The minimum atomic E-state index is -0.414. The monoisotopic (exact) mass is 499 g/mol. The van der Waals surface area contributed by atoms with Crippen molar-refractivity contribution >= 4 is 29.3 Å². The van der Waals surface area contributed by atoms with E-state index in [0.29, 0.717) is 11.1 Å². The number of hydrogen-bond acceptors (Lipinski definition) is 6. The number of carbonyl (C=O) groups excluding carboxylic acids is 1. The molecule has 0 saturated carbocycles. The quantitative estimate of drug-likeness (QED) is 0.325. The molecule has 3 aromatic carbocycles. The largest absolute Gasteiger partial charge is 0.497 e. The fraction of sp³-hybridized carbons (Fsp3) is 0.250. The molecule has 2 heterocycles. The summed E-state index contributed by atoms with van der Waals surface area (Å²) < 4.78 is 7.21. The van der Waals surface area contributed by atoms with Crippen LogP contribution >= 0.6 is 11.8 Å². The molecule has 4 aromatic rings. The number of anilines is 2. The van der Waals surface area contributed by atoms with E-state index in [9.17, 15) is 4.79 Å². The van der Waals surface area contributed by atoms with E-state index in [0.717, 1.165) is 22.8 Å². The third-order valence-electron chi connectivity index (χ3n) is 6.36. The Morgan fingerprint density at radius 3 is 2.58 bits per heavy atom. The Morgan fingerprint density at radius 2 is 1.86 bits per heavy atom. The van der Waals surface area contributed by atoms with Crippen molar-refractivity contribution in [3.05, 3.63) is 95.6 Å². The molecular weight excluding hydrogens is 470 g/mol. The number of benzene rings is 3. The van der Waals surface area contributed by atoms with Crippen molar-refractivity contribution in [3.63, 3.8) is 0 Å². The van der Waals surface area contributed by atoms with Gasteiger partial charge in [-0.3, -0.25) is 4.79 Å². The van der Waals surface area contributed by atoms with Crippen LogP contribution in [0.4, 0.5) is 11.6 Å². The van der Waals surface area contributed by atoms with E-state index in [1.54, 1.807) is 18.9 Å². The molecule has 0 unspecified atom stereocenters. The van der Waals surface area contributed by atoms with Crippen molar-refractivity contribution in [2.24, 2.45) is 5.92 Å². The fourth-order valence-corrected chi connectivity index (χ4v) is 5.37. The number of aromatic nitrogens is 3. The summed E-state index contributed by atoms with van der Waals surface area (Å²) in [6.45, 7) is 4.11. The molecule has 1 amide bonds. The predicted octanol–water partition coefficient (Wildman–Crippen LogP) is 5.55. The summed E-state index contributed by atoms with van der Waals surface area (Å²) in [7, 11) is 1.64. The third-order valence-corrected chi connectivity index (χ3v) is 7.27. The highest BCUT2D eigenvalue weighted by atomic mass is 32.2. The number of carbonyl (C=O) groups is 1. The summed E-state index contributed by atoms with van der Waals surface area (Å²) in [5.74, 6) is 1.71. The van der Waals surface area contributed by atoms with Crippen LogP contribution in [-0.2, 0) is 10.5 Å². The van der Waals surface area contributed by atoms with Gasteiger partial charge in [0.05, 0.1) is 19.1 Å². The first kappa shape index (κ1) is 23.9. The molecule has 0 spiro atoms. The van der Waals surface area contributed by atoms with Crippen molar-refractivity contribution in [2.75, 3.05) is 17.7 Å². The number of para-hydroxylation sites is 1. The highest BCUT2D eigenvalue weighted by molar-refractivity contribution is 7.98. The Kier molecular flexibility index (Phi) is 6.95. The number of fused-ring (bicyclic) bond motifs is 1. The molecule has 0 saturated heterocycles. The molecule has 2 N–H and O–H groups in total. The highest BCUT2D eigenvalue weighted by Gasteiger charge is 2.42. The van der Waals surface area contributed by atoms with Crippen LogP contribution in [0.1, 0.15) is 29.7 Å². The average molecular weight is 500 g/mol. The molecule has 0 aliphatic carbocycles. The maximum atomic E-state index is 13.6. The Labute approximate surface area is 215 Å². The zero-order valence-corrected chi connectivity index (χ0v) is 21.3. The Hall–Kier alpha value is -3.78. The molecule has 1 aromatic heterocycles. The lowest BCUT2D eigenvalue weighted by atomic mass is 9.85. The van der Waals surface area contributed by atoms with Crippen LogP contribution in [-0.4, -0.2) is 33.8 Å². The van der Waals surface area contributed by atoms with E-state index < -0.39 is 5.92 Å². The summed E-state index contributed by atoms with van der Waals surface area (Å²) in [5, 5.41) is 12.0. The molecule has 0 fully saturated rings. The first-order valence-electron chi connectivity index (χ1n) is 11.9. The summed E-state index contributed by atoms with van der Waals surface area (Å²) in [4.78, 5) is 18.4. The number of aryl methyl sites for hydroxylation is 1. The van der Waals surface area contributed by atoms with Crippen molar-refractivity contribution in [1.29, 1.82) is 0 Å². The Morgan fingerprint density at radius 1 is 1.08 bits per heavy atom. The van der Waals surface area contributed by atoms with Crippen LogP contribution in [0, 0.1) is 12.8 Å². The lowest BCUT2D eigenvalue weighted by molar-refractivity contribution is -0.121. The van der Waals surface area contributed by atoms with Crippen LogP contribution in [0.15, 0.2) is 84.0 Å². The molecule has 0 radical (unpaired) electrons. The van der Waals surface area contributed by atoms with Gasteiger partial charge in [-0.2, -0.15) is 4.98 Å². The molecule has 1 aliphatic rings. The second-order valence-electron chi connectivity index (χ2n) is 8.97. The maximum absolute atomic E-state index is 13.6. The van der Waals surface area contributed by atoms with Gasteiger partial charge in [0.2, 0.25) is 17.0 Å². The summed E-state index contributed by atoms with van der Waals surface area (Å²) in [5.41, 5.74) is 4.19. The Bertz CT molecular complexity index is 1340. The lowest BCUT2D eigenvalue weighted by Crippen LogP contribution is -2.46. The number of nitrogens with zero attached hydrogens (tertiary/aromatic N) is 3. The van der Waals surface area contributed by atoms with Crippen molar-refractivity contribution < 1.29 is 9.53 Å². The smallest absolute Gasteiger partial charge is 0.232 e. The topological polar surface area (TPSA) is 81.1 Å². The molecule has 8 heteroatoms. The molecule has 7 nitrogen and oxygen atoms in total. The number of rotatable bonds is 7. The van der Waals surface area contributed by atoms with Crippen LogP contribution in [0.5, 0.6) is 5.75 Å². The van der Waals surface area contributed by atoms with Gasteiger partial charge in [0, 0.05) is 17.5 Å². The van der Waals surface area contributed by atoms with Gasteiger partial charge < -0.3 is 15.4 Å². The molecular formula is C28H29N5O2S. The number of amides is 1. The minimum absolute atomic E-state index is 0.0721. The van der Waals surface area contributed by atoms with Gasteiger partial charge in [0.25, 0.3) is 0 Å². The number of methoxy groups -OCH3 is 1. The molecule has 3 atom stereocenters. The first-order valence-corrected chi connectivity index (χ1v) is 12.9. The molecule has 0 bridgehead atoms. The van der Waals surface area contributed by atoms with Gasteiger partial charge >= 0.3 is 0 Å². The van der Waals surface area contributed by atoms with E-state index in [-0.39, 0.29) is 18.0 Å². The van der Waals surface area contributed by atoms with Crippen LogP contribution in [0.25, 0.3) is 0 Å². The van der Waals surface area contributed by atoms with Gasteiger partial charge in [-0.1, -0.05) is 71.9 Å². The second-order valence-corrected chi connectivity index (χ2v) is 9.91. The van der Waals surface area contributed by atoms with Crippen LogP contribution in [0.2, 0.25) is 0 Å². The van der Waals surface area contributed by atoms with Crippen molar-refractivity contribution in [1.82, 2.24) is 14.8 Å². The zero-order chi connectivity index (χ0) is 25.1. The van der Waals surface area contributed by atoms with Crippen molar-refractivity contribution in [3.8, 4) is 5.75 Å². The SMILES string of the molecule is COc1ccc([C@@H]2[C@@H](C(=O)Nc3ccccc3)[C@@H](C)Nc3nc(SCc4cccc(C)c4)nn32)cc1. The average Bonchev–Trinajstić information content (AvgIpc) is 3.29. The van der Waals surface area contributed by atoms with E-state index in [1.165, 1.54) is 11.1 Å². The number of ether oxygens (including phenoxy) is 1. The first-order chi connectivity index (χ1) is 17.5. The summed E-state index contributed by atoms with van der Waals surface area (Å²) in [6.07, 6.45) is 0. The van der Waals surface area contributed by atoms with Gasteiger partial charge in [0.15, 0.2) is 0 Å². The number of nitrogens with one attached hydrogen (secondary N) is 2. The van der Waals surface area contributed by atoms with Crippen LogP contribution < -0.4 is 15.4 Å². The molecule has 184 valence electrons. The summed E-state index contributed by atoms with van der Waals surface area (Å²) >= 11 is 1.59. The normalized spacial score (nSPS) is 18.7. The molecule has 5 rings (SSSR count).